The molecule has 0 bridgehead atoms. The van der Waals surface area contributed by atoms with Crippen molar-refractivity contribution in [3.8, 4) is 5.75 Å². The summed E-state index contributed by atoms with van der Waals surface area (Å²) in [4.78, 5) is 33.6. The quantitative estimate of drug-likeness (QED) is 0.255. The molecule has 2 unspecified atom stereocenters. The first-order valence-corrected chi connectivity index (χ1v) is 9.87. The lowest BCUT2D eigenvalue weighted by Gasteiger charge is -2.12. The molecule has 0 saturated heterocycles. The molecule has 4 rings (SSSR count). The number of aromatic nitrogens is 4. The molecule has 3 aromatic rings. The van der Waals surface area contributed by atoms with Crippen molar-refractivity contribution in [3.05, 3.63) is 68.6 Å². The number of carbonyl (C=O) groups excluding carboxylic acids is 1. The van der Waals surface area contributed by atoms with E-state index in [4.69, 9.17) is 9.47 Å². The summed E-state index contributed by atoms with van der Waals surface area (Å²) in [5, 5.41) is 25.0. The number of H-pyrrole nitrogens is 1. The predicted octanol–water partition coefficient (Wildman–Crippen LogP) is 3.01. The van der Waals surface area contributed by atoms with Gasteiger partial charge in [-0.1, -0.05) is 0 Å². The van der Waals surface area contributed by atoms with Crippen LogP contribution in [0.1, 0.15) is 30.9 Å². The number of nitro groups is 1. The third-order valence-corrected chi connectivity index (χ3v) is 5.15. The van der Waals surface area contributed by atoms with E-state index >= 15 is 0 Å². The monoisotopic (exact) mass is 440 g/mol. The molecule has 0 aliphatic heterocycles. The Morgan fingerprint density at radius 2 is 2.00 bits per heavy atom. The van der Waals surface area contributed by atoms with Crippen LogP contribution in [0.2, 0.25) is 0 Å². The van der Waals surface area contributed by atoms with Crippen LogP contribution in [0.5, 0.6) is 5.75 Å². The van der Waals surface area contributed by atoms with E-state index in [-0.39, 0.29) is 29.0 Å². The molecule has 0 amide bonds. The molecular formula is C20H20N6O6. The van der Waals surface area contributed by atoms with Crippen LogP contribution in [-0.2, 0) is 11.8 Å². The van der Waals surface area contributed by atoms with Crippen molar-refractivity contribution < 1.29 is 19.2 Å². The number of carbonyl (C=O) groups is 1. The molecule has 2 heterocycles. The second-order valence-electron chi connectivity index (χ2n) is 7.37. The van der Waals surface area contributed by atoms with Gasteiger partial charge in [-0.3, -0.25) is 20.0 Å². The van der Waals surface area contributed by atoms with Gasteiger partial charge in [0.2, 0.25) is 0 Å². The first-order chi connectivity index (χ1) is 15.4. The zero-order valence-corrected chi connectivity index (χ0v) is 17.1. The molecule has 2 N–H and O–H groups in total. The van der Waals surface area contributed by atoms with E-state index in [0.29, 0.717) is 24.5 Å². The van der Waals surface area contributed by atoms with E-state index in [0.717, 1.165) is 12.1 Å². The van der Waals surface area contributed by atoms with Gasteiger partial charge in [0.1, 0.15) is 11.9 Å². The van der Waals surface area contributed by atoms with Crippen LogP contribution >= 0.6 is 0 Å². The Labute approximate surface area is 181 Å². The van der Waals surface area contributed by atoms with E-state index in [2.05, 4.69) is 20.6 Å². The Hall–Kier alpha value is -4.22. The van der Waals surface area contributed by atoms with Gasteiger partial charge < -0.3 is 14.8 Å². The molecule has 166 valence electrons. The van der Waals surface area contributed by atoms with Gasteiger partial charge in [-0.05, 0) is 37.5 Å². The van der Waals surface area contributed by atoms with Crippen LogP contribution in [-0.4, -0.2) is 37.2 Å². The van der Waals surface area contributed by atoms with Gasteiger partial charge in [0.15, 0.2) is 11.6 Å². The number of hydrogen-bond acceptors (Lipinski definition) is 9. The molecule has 1 fully saturated rings. The number of non-ortho nitro benzene ring substituents is 1. The number of aromatic amines is 1. The highest BCUT2D eigenvalue weighted by atomic mass is 16.7. The van der Waals surface area contributed by atoms with Gasteiger partial charge in [0.05, 0.1) is 4.92 Å². The van der Waals surface area contributed by atoms with Gasteiger partial charge in [-0.25, -0.2) is 9.48 Å². The first-order valence-electron chi connectivity index (χ1n) is 9.87. The van der Waals surface area contributed by atoms with Crippen molar-refractivity contribution in [2.45, 2.75) is 31.3 Å². The molecule has 1 aliphatic rings. The highest BCUT2D eigenvalue weighted by Crippen LogP contribution is 2.36. The number of nitro benzene ring substituents is 1. The average Bonchev–Trinajstić information content (AvgIpc) is 3.40. The lowest BCUT2D eigenvalue weighted by Crippen LogP contribution is -2.18. The third-order valence-electron chi connectivity index (χ3n) is 5.15. The molecule has 32 heavy (non-hydrogen) atoms. The number of anilines is 2. The summed E-state index contributed by atoms with van der Waals surface area (Å²) < 4.78 is 11.7. The summed E-state index contributed by atoms with van der Waals surface area (Å²) in [5.74, 6) is 1.36. The molecule has 1 aliphatic carbocycles. The first kappa shape index (κ1) is 21.0. The second-order valence-corrected chi connectivity index (χ2v) is 7.37. The number of ether oxygens (including phenoxy) is 2. The minimum Gasteiger partial charge on any atom is -0.431 e. The van der Waals surface area contributed by atoms with Crippen LogP contribution in [0.3, 0.4) is 0 Å². The Morgan fingerprint density at radius 1 is 1.22 bits per heavy atom. The largest absolute Gasteiger partial charge is 0.514 e. The van der Waals surface area contributed by atoms with Gasteiger partial charge >= 0.3 is 6.16 Å². The topological polar surface area (TPSA) is 154 Å². The molecule has 2 atom stereocenters. The molecule has 1 aromatic carbocycles. The Bertz CT molecular complexity index is 1190. The van der Waals surface area contributed by atoms with Crippen LogP contribution in [0, 0.1) is 10.1 Å². The van der Waals surface area contributed by atoms with Crippen LogP contribution in [0.25, 0.3) is 0 Å². The summed E-state index contributed by atoms with van der Waals surface area (Å²) >= 11 is 0. The van der Waals surface area contributed by atoms with E-state index in [1.165, 1.54) is 35.0 Å². The number of benzene rings is 1. The Kier molecular flexibility index (Phi) is 5.83. The van der Waals surface area contributed by atoms with Crippen molar-refractivity contribution in [2.75, 3.05) is 5.32 Å². The van der Waals surface area contributed by atoms with Crippen LogP contribution < -0.4 is 15.6 Å². The minimum absolute atomic E-state index is 0.0927. The van der Waals surface area contributed by atoms with Gasteiger partial charge in [0.25, 0.3) is 11.2 Å². The lowest BCUT2D eigenvalue weighted by atomic mass is 10.0. The number of nitrogens with one attached hydrogen (secondary N) is 2. The van der Waals surface area contributed by atoms with E-state index in [1.807, 2.05) is 6.07 Å². The number of aryl methyl sites for hydroxylation is 1. The summed E-state index contributed by atoms with van der Waals surface area (Å²) in [7, 11) is 1.56. The van der Waals surface area contributed by atoms with Crippen molar-refractivity contribution in [1.82, 2.24) is 20.0 Å². The lowest BCUT2D eigenvalue weighted by molar-refractivity contribution is -0.384. The fourth-order valence-electron chi connectivity index (χ4n) is 3.53. The Morgan fingerprint density at radius 3 is 2.72 bits per heavy atom. The third kappa shape index (κ3) is 4.91. The number of nitrogens with zero attached hydrogens (tertiary/aromatic N) is 4. The fourth-order valence-corrected chi connectivity index (χ4v) is 3.53. The van der Waals surface area contributed by atoms with Crippen molar-refractivity contribution >= 4 is 23.5 Å². The maximum Gasteiger partial charge on any atom is 0.514 e. The van der Waals surface area contributed by atoms with E-state index in [9.17, 15) is 19.7 Å². The highest BCUT2D eigenvalue weighted by molar-refractivity contribution is 5.64. The predicted molar refractivity (Wildman–Crippen MR) is 112 cm³/mol. The summed E-state index contributed by atoms with van der Waals surface area (Å²) in [5.41, 5.74) is 0.597. The van der Waals surface area contributed by atoms with Crippen molar-refractivity contribution in [2.24, 2.45) is 7.05 Å². The number of rotatable bonds is 6. The normalized spacial score (nSPS) is 17.7. The molecule has 2 aromatic heterocycles. The molecule has 0 radical (unpaired) electrons. The van der Waals surface area contributed by atoms with Gasteiger partial charge in [-0.2, -0.15) is 10.2 Å². The van der Waals surface area contributed by atoms with Crippen molar-refractivity contribution in [3.63, 3.8) is 0 Å². The zero-order chi connectivity index (χ0) is 22.7. The van der Waals surface area contributed by atoms with Crippen LogP contribution in [0.15, 0.2) is 47.3 Å². The minimum atomic E-state index is -0.850. The zero-order valence-electron chi connectivity index (χ0n) is 17.1. The Balaban J connectivity index is 1.29. The highest BCUT2D eigenvalue weighted by Gasteiger charge is 2.30. The van der Waals surface area contributed by atoms with Crippen LogP contribution in [0.4, 0.5) is 22.1 Å². The SMILES string of the molecule is Cn1nc(Nc2cc(C3CCC(OC(=O)Oc4ccc([N+](=O)[O-])cc4)C3)[nH]n2)ccc1=O. The standard InChI is InChI=1S/C20H20N6O6/c1-25-19(27)9-8-17(24-25)21-18-11-16(22-23-18)12-2-5-15(10-12)32-20(28)31-14-6-3-13(4-7-14)26(29)30/h3-4,6-9,11-12,15H,2,5,10H2,1H3,(H2,21,22,23,24). The number of hydrogen-bond donors (Lipinski definition) is 2. The molecule has 0 spiro atoms. The van der Waals surface area contributed by atoms with Crippen molar-refractivity contribution in [1.29, 1.82) is 0 Å². The summed E-state index contributed by atoms with van der Waals surface area (Å²) in [6.07, 6.45) is 0.918. The maximum absolute atomic E-state index is 12.0. The van der Waals surface area contributed by atoms with Gasteiger partial charge in [-0.15, -0.1) is 0 Å². The fraction of sp³-hybridized carbons (Fsp3) is 0.300. The maximum atomic E-state index is 12.0. The molecular weight excluding hydrogens is 420 g/mol. The summed E-state index contributed by atoms with van der Waals surface area (Å²) in [6, 6.07) is 10.0. The van der Waals surface area contributed by atoms with E-state index < -0.39 is 11.1 Å². The second kappa shape index (κ2) is 8.88. The average molecular weight is 440 g/mol. The van der Waals surface area contributed by atoms with Gasteiger partial charge in [0, 0.05) is 42.9 Å². The smallest absolute Gasteiger partial charge is 0.431 e. The molecule has 1 saturated carbocycles. The van der Waals surface area contributed by atoms with E-state index in [1.54, 1.807) is 13.1 Å². The molecule has 12 nitrogen and oxygen atoms in total. The molecule has 12 heteroatoms. The summed E-state index contributed by atoms with van der Waals surface area (Å²) in [6.45, 7) is 0.